The summed E-state index contributed by atoms with van der Waals surface area (Å²) in [5, 5.41) is 0. The van der Waals surface area contributed by atoms with Crippen LogP contribution in [0.25, 0.3) is 0 Å². The van der Waals surface area contributed by atoms with E-state index in [2.05, 4.69) is 0 Å². The number of benzene rings is 1. The molecule has 0 fully saturated rings. The first kappa shape index (κ1) is 29.8. The monoisotopic (exact) mass is 503 g/mol. The van der Waals surface area contributed by atoms with Crippen LogP contribution in [-0.2, 0) is 33.2 Å². The van der Waals surface area contributed by atoms with Crippen LogP contribution in [0.3, 0.4) is 0 Å². The maximum absolute atomic E-state index is 12.4. The van der Waals surface area contributed by atoms with Gasteiger partial charge in [0, 0.05) is 0 Å². The van der Waals surface area contributed by atoms with Crippen LogP contribution < -0.4 is 0 Å². The fraction of sp³-hybridized carbons (Fsp3) is 0.652. The van der Waals surface area contributed by atoms with Crippen LogP contribution in [0.1, 0.15) is 47.1 Å². The molecule has 0 spiro atoms. The summed E-state index contributed by atoms with van der Waals surface area (Å²) in [5.41, 5.74) is -0.607. The van der Waals surface area contributed by atoms with Crippen molar-refractivity contribution in [3.05, 3.63) is 29.8 Å². The third kappa shape index (κ3) is 12.3. The average molecular weight is 504 g/mol. The molecule has 0 aliphatic carbocycles. The number of amides is 2. The van der Waals surface area contributed by atoms with E-state index in [0.717, 1.165) is 10.5 Å². The summed E-state index contributed by atoms with van der Waals surface area (Å²) in [6, 6.07) is 6.35. The van der Waals surface area contributed by atoms with E-state index in [0.29, 0.717) is 0 Å². The smallest absolute Gasteiger partial charge is 0.419 e. The van der Waals surface area contributed by atoms with E-state index in [-0.39, 0.29) is 44.5 Å². The highest BCUT2D eigenvalue weighted by Gasteiger charge is 2.30. The van der Waals surface area contributed by atoms with Crippen molar-refractivity contribution in [2.75, 3.05) is 39.6 Å². The van der Waals surface area contributed by atoms with Crippen molar-refractivity contribution in [2.24, 2.45) is 0 Å². The molecule has 0 N–H and O–H groups in total. The Balaban J connectivity index is 2.35. The number of carbonyl (C=O) groups is 2. The second kappa shape index (κ2) is 13.0. The van der Waals surface area contributed by atoms with Gasteiger partial charge in [0.15, 0.2) is 0 Å². The van der Waals surface area contributed by atoms with Crippen molar-refractivity contribution < 1.29 is 41.1 Å². The lowest BCUT2D eigenvalue weighted by Crippen LogP contribution is -2.45. The molecule has 0 heterocycles. The highest BCUT2D eigenvalue weighted by Crippen LogP contribution is 2.15. The largest absolute Gasteiger partial charge is 0.443 e. The molecular weight excluding hydrogens is 466 g/mol. The number of nitrogens with zero attached hydrogens (tertiary/aromatic N) is 1. The summed E-state index contributed by atoms with van der Waals surface area (Å²) < 4.78 is 50.4. The van der Waals surface area contributed by atoms with Crippen LogP contribution in [-0.4, -0.2) is 76.3 Å². The average Bonchev–Trinajstić information content (AvgIpc) is 2.66. The van der Waals surface area contributed by atoms with Gasteiger partial charge in [0.25, 0.3) is 10.1 Å². The summed E-state index contributed by atoms with van der Waals surface area (Å²) in [4.78, 5) is 25.7. The van der Waals surface area contributed by atoms with E-state index in [4.69, 9.17) is 23.1 Å². The van der Waals surface area contributed by atoms with Gasteiger partial charge in [-0.15, -0.1) is 0 Å². The molecule has 0 radical (unpaired) electrons. The molecule has 11 heteroatoms. The van der Waals surface area contributed by atoms with E-state index >= 15 is 0 Å². The van der Waals surface area contributed by atoms with Crippen LogP contribution in [0.4, 0.5) is 9.59 Å². The molecule has 0 saturated heterocycles. The van der Waals surface area contributed by atoms with Gasteiger partial charge < -0.3 is 18.9 Å². The Bertz CT molecular complexity index is 857. The number of imide groups is 1. The van der Waals surface area contributed by atoms with Gasteiger partial charge in [-0.3, -0.25) is 4.18 Å². The standard InChI is InChI=1S/C23H37NO9S/c1-18-8-10-19(11-9-18)34(27,28)31-17-16-30-15-14-29-13-12-24(20(25)32-22(2,3)4)21(26)33-23(5,6)7/h8-11H,12-17H2,1-7H3. The van der Waals surface area contributed by atoms with Crippen molar-refractivity contribution >= 4 is 22.3 Å². The van der Waals surface area contributed by atoms with Crippen molar-refractivity contribution in [1.82, 2.24) is 4.90 Å². The summed E-state index contributed by atoms with van der Waals surface area (Å²) in [6.45, 7) is 12.3. The van der Waals surface area contributed by atoms with E-state index in [9.17, 15) is 18.0 Å². The summed E-state index contributed by atoms with van der Waals surface area (Å²) in [7, 11) is -3.83. The Labute approximate surface area is 202 Å². The second-order valence-corrected chi connectivity index (χ2v) is 11.0. The Hall–Kier alpha value is -2.21. The van der Waals surface area contributed by atoms with Gasteiger partial charge in [0.2, 0.25) is 0 Å². The molecule has 0 atom stereocenters. The van der Waals surface area contributed by atoms with Crippen LogP contribution in [0, 0.1) is 6.92 Å². The maximum Gasteiger partial charge on any atom is 0.419 e. The number of aryl methyl sites for hydroxylation is 1. The van der Waals surface area contributed by atoms with Crippen LogP contribution in [0.15, 0.2) is 29.2 Å². The fourth-order valence-corrected chi connectivity index (χ4v) is 3.24. The number of rotatable bonds is 11. The first-order valence-electron chi connectivity index (χ1n) is 11.0. The van der Waals surface area contributed by atoms with Crippen molar-refractivity contribution in [3.63, 3.8) is 0 Å². The number of hydrogen-bond acceptors (Lipinski definition) is 9. The van der Waals surface area contributed by atoms with Gasteiger partial charge in [0.1, 0.15) is 11.2 Å². The van der Waals surface area contributed by atoms with E-state index < -0.39 is 33.5 Å². The van der Waals surface area contributed by atoms with Gasteiger partial charge in [-0.1, -0.05) is 17.7 Å². The lowest BCUT2D eigenvalue weighted by atomic mass is 10.2. The van der Waals surface area contributed by atoms with Crippen molar-refractivity contribution in [2.45, 2.75) is 64.6 Å². The molecule has 0 aromatic heterocycles. The van der Waals surface area contributed by atoms with Gasteiger partial charge in [0.05, 0.1) is 44.5 Å². The molecule has 0 aliphatic rings. The third-order valence-corrected chi connectivity index (χ3v) is 5.16. The number of ether oxygens (including phenoxy) is 4. The Morgan fingerprint density at radius 1 is 0.765 bits per heavy atom. The second-order valence-electron chi connectivity index (χ2n) is 9.43. The summed E-state index contributed by atoms with van der Waals surface area (Å²) in [6.07, 6.45) is -1.65. The highest BCUT2D eigenvalue weighted by molar-refractivity contribution is 7.86. The van der Waals surface area contributed by atoms with E-state index in [1.807, 2.05) is 6.92 Å². The minimum Gasteiger partial charge on any atom is -0.443 e. The zero-order chi connectivity index (χ0) is 26.0. The zero-order valence-electron chi connectivity index (χ0n) is 21.1. The molecule has 1 aromatic carbocycles. The summed E-state index contributed by atoms with van der Waals surface area (Å²) >= 11 is 0. The molecule has 0 saturated carbocycles. The molecule has 34 heavy (non-hydrogen) atoms. The quantitative estimate of drug-likeness (QED) is 0.327. The lowest BCUT2D eigenvalue weighted by Gasteiger charge is -2.28. The maximum atomic E-state index is 12.4. The zero-order valence-corrected chi connectivity index (χ0v) is 21.9. The van der Waals surface area contributed by atoms with Crippen LogP contribution in [0.2, 0.25) is 0 Å². The predicted octanol–water partition coefficient (Wildman–Crippen LogP) is 3.91. The third-order valence-electron chi connectivity index (χ3n) is 3.83. The first-order chi connectivity index (χ1) is 15.6. The number of carbonyl (C=O) groups excluding carboxylic acids is 2. The van der Waals surface area contributed by atoms with Crippen molar-refractivity contribution in [1.29, 1.82) is 0 Å². The molecule has 1 aromatic rings. The molecule has 0 bridgehead atoms. The Morgan fingerprint density at radius 2 is 1.21 bits per heavy atom. The minimum atomic E-state index is -3.83. The van der Waals surface area contributed by atoms with Crippen molar-refractivity contribution in [3.8, 4) is 0 Å². The van der Waals surface area contributed by atoms with Crippen LogP contribution >= 0.6 is 0 Å². The SMILES string of the molecule is Cc1ccc(S(=O)(=O)OCCOCCOCCN(C(=O)OC(C)(C)C)C(=O)OC(C)(C)C)cc1. The molecular formula is C23H37NO9S. The summed E-state index contributed by atoms with van der Waals surface area (Å²) in [5.74, 6) is 0. The lowest BCUT2D eigenvalue weighted by molar-refractivity contribution is -0.00877. The molecule has 0 aliphatic heterocycles. The topological polar surface area (TPSA) is 118 Å². The van der Waals surface area contributed by atoms with E-state index in [1.54, 1.807) is 53.7 Å². The highest BCUT2D eigenvalue weighted by atomic mass is 32.2. The van der Waals surface area contributed by atoms with Gasteiger partial charge >= 0.3 is 12.2 Å². The van der Waals surface area contributed by atoms with Crippen LogP contribution in [0.5, 0.6) is 0 Å². The van der Waals surface area contributed by atoms with Gasteiger partial charge in [-0.25, -0.2) is 14.5 Å². The van der Waals surface area contributed by atoms with Gasteiger partial charge in [-0.2, -0.15) is 8.42 Å². The minimum absolute atomic E-state index is 0.0418. The normalized spacial score (nSPS) is 12.3. The molecule has 2 amide bonds. The first-order valence-corrected chi connectivity index (χ1v) is 12.4. The Kier molecular flexibility index (Phi) is 11.4. The molecule has 194 valence electrons. The Morgan fingerprint density at radius 3 is 1.68 bits per heavy atom. The van der Waals surface area contributed by atoms with Gasteiger partial charge in [-0.05, 0) is 60.6 Å². The predicted molar refractivity (Wildman–Crippen MR) is 125 cm³/mol. The molecule has 0 unspecified atom stereocenters. The molecule has 10 nitrogen and oxygen atoms in total. The molecule has 1 rings (SSSR count). The number of hydrogen-bond donors (Lipinski definition) is 0. The fourth-order valence-electron chi connectivity index (χ4n) is 2.34. The van der Waals surface area contributed by atoms with E-state index in [1.165, 1.54) is 12.1 Å².